The van der Waals surface area contributed by atoms with Crippen molar-refractivity contribution in [1.29, 1.82) is 0 Å². The van der Waals surface area contributed by atoms with Crippen molar-refractivity contribution in [1.82, 2.24) is 20.3 Å². The third-order valence-electron chi connectivity index (χ3n) is 4.43. The van der Waals surface area contributed by atoms with E-state index in [1.807, 2.05) is 56.6 Å². The van der Waals surface area contributed by atoms with E-state index in [-0.39, 0.29) is 11.9 Å². The number of amides is 1. The van der Waals surface area contributed by atoms with Crippen molar-refractivity contribution in [3.05, 3.63) is 76.0 Å². The zero-order valence-corrected chi connectivity index (χ0v) is 18.4. The Morgan fingerprint density at radius 2 is 1.97 bits per heavy atom. The van der Waals surface area contributed by atoms with Crippen molar-refractivity contribution < 1.29 is 9.53 Å². The van der Waals surface area contributed by atoms with Crippen molar-refractivity contribution >= 4 is 28.6 Å². The Bertz CT molecular complexity index is 1150. The van der Waals surface area contributed by atoms with Crippen LogP contribution in [-0.4, -0.2) is 20.9 Å². The molecule has 30 heavy (non-hydrogen) atoms. The minimum Gasteiger partial charge on any atom is -0.431 e. The summed E-state index contributed by atoms with van der Waals surface area (Å²) >= 11 is 2.96. The number of nitrogens with one attached hydrogen (secondary N) is 1. The first-order valence-electron chi connectivity index (χ1n) is 9.36. The molecule has 0 aliphatic heterocycles. The van der Waals surface area contributed by atoms with Gasteiger partial charge in [-0.3, -0.25) is 9.78 Å². The lowest BCUT2D eigenvalue weighted by Crippen LogP contribution is -2.26. The lowest BCUT2D eigenvalue weighted by molar-refractivity contribution is 0.0939. The molecule has 1 N–H and O–H groups in total. The van der Waals surface area contributed by atoms with E-state index in [9.17, 15) is 4.79 Å². The van der Waals surface area contributed by atoms with Crippen molar-refractivity contribution in [3.8, 4) is 21.5 Å². The van der Waals surface area contributed by atoms with Crippen molar-refractivity contribution in [2.75, 3.05) is 0 Å². The quantitative estimate of drug-likeness (QED) is 0.428. The van der Waals surface area contributed by atoms with Crippen LogP contribution in [0.3, 0.4) is 0 Å². The SMILES string of the molecule is Cc1ccc(C(C)NC(=O)c2cc(Oc3nccs3)cc(-c3ncc(C)s3)c2)cn1. The number of hydrogen-bond acceptors (Lipinski definition) is 7. The van der Waals surface area contributed by atoms with E-state index in [4.69, 9.17) is 4.74 Å². The third kappa shape index (κ3) is 4.72. The zero-order chi connectivity index (χ0) is 21.1. The molecule has 0 fully saturated rings. The summed E-state index contributed by atoms with van der Waals surface area (Å²) < 4.78 is 5.88. The Hall–Kier alpha value is -3.10. The maximum absolute atomic E-state index is 13.0. The number of aryl methyl sites for hydroxylation is 2. The molecule has 0 radical (unpaired) electrons. The van der Waals surface area contributed by atoms with Crippen LogP contribution in [0.15, 0.2) is 54.3 Å². The van der Waals surface area contributed by atoms with Crippen LogP contribution in [0.1, 0.15) is 39.5 Å². The van der Waals surface area contributed by atoms with Gasteiger partial charge in [0.05, 0.1) is 6.04 Å². The first-order chi connectivity index (χ1) is 14.5. The van der Waals surface area contributed by atoms with Crippen LogP contribution in [0.5, 0.6) is 10.9 Å². The van der Waals surface area contributed by atoms with Gasteiger partial charge in [-0.2, -0.15) is 0 Å². The molecule has 0 saturated carbocycles. The summed E-state index contributed by atoms with van der Waals surface area (Å²) in [5.41, 5.74) is 3.21. The normalized spacial score (nSPS) is 11.8. The lowest BCUT2D eigenvalue weighted by atomic mass is 10.1. The maximum Gasteiger partial charge on any atom is 0.278 e. The number of pyridine rings is 1. The number of aromatic nitrogens is 3. The van der Waals surface area contributed by atoms with E-state index in [2.05, 4.69) is 20.3 Å². The second-order valence-corrected chi connectivity index (χ2v) is 8.94. The van der Waals surface area contributed by atoms with Gasteiger partial charge in [0.15, 0.2) is 0 Å². The molecule has 152 valence electrons. The van der Waals surface area contributed by atoms with Crippen molar-refractivity contribution in [2.45, 2.75) is 26.8 Å². The van der Waals surface area contributed by atoms with E-state index < -0.39 is 0 Å². The van der Waals surface area contributed by atoms with Crippen LogP contribution in [0.2, 0.25) is 0 Å². The number of carbonyl (C=O) groups is 1. The van der Waals surface area contributed by atoms with Gasteiger partial charge in [0, 0.05) is 45.7 Å². The molecule has 3 aromatic heterocycles. The van der Waals surface area contributed by atoms with E-state index in [1.54, 1.807) is 29.8 Å². The predicted molar refractivity (Wildman–Crippen MR) is 119 cm³/mol. The highest BCUT2D eigenvalue weighted by Gasteiger charge is 2.16. The molecule has 6 nitrogen and oxygen atoms in total. The minimum absolute atomic E-state index is 0.181. The molecule has 8 heteroatoms. The number of rotatable bonds is 6. The van der Waals surface area contributed by atoms with Gasteiger partial charge < -0.3 is 10.1 Å². The van der Waals surface area contributed by atoms with Gasteiger partial charge in [0.25, 0.3) is 11.1 Å². The van der Waals surface area contributed by atoms with Crippen molar-refractivity contribution in [3.63, 3.8) is 0 Å². The van der Waals surface area contributed by atoms with E-state index in [0.717, 1.165) is 26.7 Å². The molecular weight excluding hydrogens is 416 g/mol. The summed E-state index contributed by atoms with van der Waals surface area (Å²) in [6, 6.07) is 9.16. The third-order valence-corrected chi connectivity index (χ3v) is 6.04. The molecule has 0 saturated heterocycles. The van der Waals surface area contributed by atoms with E-state index >= 15 is 0 Å². The van der Waals surface area contributed by atoms with Crippen LogP contribution in [-0.2, 0) is 0 Å². The Morgan fingerprint density at radius 3 is 2.63 bits per heavy atom. The molecule has 1 aromatic carbocycles. The van der Waals surface area contributed by atoms with Crippen LogP contribution in [0.25, 0.3) is 10.6 Å². The van der Waals surface area contributed by atoms with Gasteiger partial charge >= 0.3 is 0 Å². The van der Waals surface area contributed by atoms with Crippen LogP contribution >= 0.6 is 22.7 Å². The summed E-state index contributed by atoms with van der Waals surface area (Å²) in [4.78, 5) is 27.0. The first-order valence-corrected chi connectivity index (χ1v) is 11.1. The fourth-order valence-corrected chi connectivity index (χ4v) is 4.12. The second kappa shape index (κ2) is 8.73. The average molecular weight is 437 g/mol. The molecule has 4 aromatic rings. The highest BCUT2D eigenvalue weighted by molar-refractivity contribution is 7.15. The number of carbonyl (C=O) groups excluding carboxylic acids is 1. The number of benzene rings is 1. The summed E-state index contributed by atoms with van der Waals surface area (Å²) in [6.45, 7) is 5.87. The molecular formula is C22H20N4O2S2. The minimum atomic E-state index is -0.192. The first kappa shape index (κ1) is 20.2. The Labute approximate surface area is 182 Å². The predicted octanol–water partition coefficient (Wildman–Crippen LogP) is 5.56. The van der Waals surface area contributed by atoms with Gasteiger partial charge in [-0.15, -0.1) is 11.3 Å². The molecule has 0 aliphatic carbocycles. The smallest absolute Gasteiger partial charge is 0.278 e. The van der Waals surface area contributed by atoms with E-state index in [1.165, 1.54) is 11.3 Å². The number of ether oxygens (including phenoxy) is 1. The largest absolute Gasteiger partial charge is 0.431 e. The molecule has 1 amide bonds. The molecule has 3 heterocycles. The standard InChI is InChI=1S/C22H20N4O2S2/c1-13-4-5-16(12-24-13)15(3)26-20(27)17-8-18(21-25-11-14(2)30-21)10-19(9-17)28-22-23-6-7-29-22/h4-12,15H,1-3H3,(H,26,27). The maximum atomic E-state index is 13.0. The number of nitrogens with zero attached hydrogens (tertiary/aromatic N) is 3. The molecule has 4 rings (SSSR count). The van der Waals surface area contributed by atoms with Crippen LogP contribution in [0.4, 0.5) is 0 Å². The molecule has 0 bridgehead atoms. The van der Waals surface area contributed by atoms with Gasteiger partial charge in [-0.05, 0) is 50.6 Å². The highest BCUT2D eigenvalue weighted by atomic mass is 32.1. The summed E-state index contributed by atoms with van der Waals surface area (Å²) in [7, 11) is 0. The van der Waals surface area contributed by atoms with Gasteiger partial charge in [-0.1, -0.05) is 17.4 Å². The monoisotopic (exact) mass is 436 g/mol. The average Bonchev–Trinajstić information content (AvgIpc) is 3.40. The zero-order valence-electron chi connectivity index (χ0n) is 16.7. The summed E-state index contributed by atoms with van der Waals surface area (Å²) in [5.74, 6) is 0.354. The van der Waals surface area contributed by atoms with Crippen molar-refractivity contribution in [2.24, 2.45) is 0 Å². The van der Waals surface area contributed by atoms with Crippen LogP contribution in [0, 0.1) is 13.8 Å². The fraction of sp³-hybridized carbons (Fsp3) is 0.182. The van der Waals surface area contributed by atoms with E-state index in [0.29, 0.717) is 16.5 Å². The Kier molecular flexibility index (Phi) is 5.87. The Morgan fingerprint density at radius 1 is 1.10 bits per heavy atom. The summed E-state index contributed by atoms with van der Waals surface area (Å²) in [5, 5.41) is 6.24. The van der Waals surface area contributed by atoms with Gasteiger partial charge in [0.2, 0.25) is 0 Å². The number of hydrogen-bond donors (Lipinski definition) is 1. The molecule has 0 aliphatic rings. The highest BCUT2D eigenvalue weighted by Crippen LogP contribution is 2.32. The second-order valence-electron chi connectivity index (χ2n) is 6.85. The Balaban J connectivity index is 1.63. The molecule has 0 spiro atoms. The summed E-state index contributed by atoms with van der Waals surface area (Å²) in [6.07, 6.45) is 5.28. The number of thiazole rings is 2. The molecule has 1 atom stereocenters. The van der Waals surface area contributed by atoms with Gasteiger partial charge in [-0.25, -0.2) is 9.97 Å². The topological polar surface area (TPSA) is 77.0 Å². The lowest BCUT2D eigenvalue weighted by Gasteiger charge is -2.15. The van der Waals surface area contributed by atoms with Crippen LogP contribution < -0.4 is 10.1 Å². The fourth-order valence-electron chi connectivity index (χ4n) is 2.86. The molecule has 1 unspecified atom stereocenters. The van der Waals surface area contributed by atoms with Gasteiger partial charge in [0.1, 0.15) is 10.8 Å².